The van der Waals surface area contributed by atoms with Crippen LogP contribution in [-0.2, 0) is 4.79 Å². The number of thioether (sulfide) groups is 1. The average Bonchev–Trinajstić information content (AvgIpc) is 3.09. The van der Waals surface area contributed by atoms with Crippen molar-refractivity contribution in [3.8, 4) is 0 Å². The Labute approximate surface area is 146 Å². The van der Waals surface area contributed by atoms with E-state index in [0.29, 0.717) is 20.7 Å². The molecule has 1 saturated heterocycles. The van der Waals surface area contributed by atoms with Crippen LogP contribution in [-0.4, -0.2) is 10.2 Å². The molecule has 1 aliphatic rings. The molecule has 4 rings (SSSR count). The lowest BCUT2D eigenvalue weighted by molar-refractivity contribution is -0.113. The number of para-hydroxylation sites is 1. The normalized spacial score (nSPS) is 16.5. The number of carbonyl (C=O) groups excluding carboxylic acids is 1. The number of rotatable bonds is 2. The van der Waals surface area contributed by atoms with Gasteiger partial charge in [-0.05, 0) is 36.4 Å². The van der Waals surface area contributed by atoms with E-state index in [2.05, 4.69) is 0 Å². The van der Waals surface area contributed by atoms with Gasteiger partial charge in [-0.2, -0.15) is 0 Å². The smallest absolute Gasteiger partial charge is 0.270 e. The molecule has 0 aliphatic carbocycles. The van der Waals surface area contributed by atoms with E-state index in [1.165, 1.54) is 40.9 Å². The Morgan fingerprint density at radius 3 is 2.62 bits per heavy atom. The number of halogens is 1. The largest absolute Gasteiger partial charge is 0.457 e. The highest BCUT2D eigenvalue weighted by Crippen LogP contribution is 2.36. The second-order valence-electron chi connectivity index (χ2n) is 5.18. The van der Waals surface area contributed by atoms with Gasteiger partial charge in [0.05, 0.1) is 10.6 Å². The standard InChI is InChI=1S/C18H10FNO2S2/c19-12-5-7-13(8-6-12)20-17(21)16(24-18(20)23)10-14-9-11-3-1-2-4-15(11)22-14/h1-10H. The second-order valence-corrected chi connectivity index (χ2v) is 6.86. The number of hydrogen-bond donors (Lipinski definition) is 0. The van der Waals surface area contributed by atoms with E-state index in [4.69, 9.17) is 16.6 Å². The molecule has 6 heteroatoms. The van der Waals surface area contributed by atoms with Crippen LogP contribution in [0.1, 0.15) is 5.76 Å². The van der Waals surface area contributed by atoms with Crippen molar-refractivity contribution in [3.05, 3.63) is 71.1 Å². The van der Waals surface area contributed by atoms with Crippen molar-refractivity contribution in [2.45, 2.75) is 0 Å². The highest BCUT2D eigenvalue weighted by molar-refractivity contribution is 8.27. The summed E-state index contributed by atoms with van der Waals surface area (Å²) < 4.78 is 19.2. The fourth-order valence-corrected chi connectivity index (χ4v) is 3.76. The minimum absolute atomic E-state index is 0.239. The summed E-state index contributed by atoms with van der Waals surface area (Å²) in [6.07, 6.45) is 1.68. The highest BCUT2D eigenvalue weighted by atomic mass is 32.2. The van der Waals surface area contributed by atoms with Crippen molar-refractivity contribution in [2.24, 2.45) is 0 Å². The number of benzene rings is 2. The minimum Gasteiger partial charge on any atom is -0.457 e. The summed E-state index contributed by atoms with van der Waals surface area (Å²) in [5.74, 6) is -0.00474. The molecule has 0 N–H and O–H groups in total. The number of anilines is 1. The predicted octanol–water partition coefficient (Wildman–Crippen LogP) is 4.98. The van der Waals surface area contributed by atoms with Gasteiger partial charge < -0.3 is 4.42 Å². The van der Waals surface area contributed by atoms with Crippen LogP contribution in [0.5, 0.6) is 0 Å². The van der Waals surface area contributed by atoms with Crippen molar-refractivity contribution < 1.29 is 13.6 Å². The molecule has 0 radical (unpaired) electrons. The maximum atomic E-state index is 13.1. The van der Waals surface area contributed by atoms with Crippen LogP contribution in [0.4, 0.5) is 10.1 Å². The van der Waals surface area contributed by atoms with E-state index >= 15 is 0 Å². The lowest BCUT2D eigenvalue weighted by atomic mass is 10.2. The van der Waals surface area contributed by atoms with Crippen LogP contribution in [0.15, 0.2) is 63.9 Å². The summed E-state index contributed by atoms with van der Waals surface area (Å²) in [5.41, 5.74) is 1.31. The molecule has 118 valence electrons. The number of fused-ring (bicyclic) bond motifs is 1. The van der Waals surface area contributed by atoms with Gasteiger partial charge >= 0.3 is 0 Å². The molecule has 3 nitrogen and oxygen atoms in total. The van der Waals surface area contributed by atoms with Gasteiger partial charge in [-0.3, -0.25) is 9.69 Å². The van der Waals surface area contributed by atoms with Crippen molar-refractivity contribution >= 4 is 56.9 Å². The topological polar surface area (TPSA) is 33.5 Å². The first-order valence-corrected chi connectivity index (χ1v) is 8.36. The Bertz CT molecular complexity index is 959. The van der Waals surface area contributed by atoms with E-state index < -0.39 is 0 Å². The third-order valence-electron chi connectivity index (χ3n) is 3.60. The summed E-state index contributed by atoms with van der Waals surface area (Å²) in [6, 6.07) is 15.2. The molecule has 1 fully saturated rings. The summed E-state index contributed by atoms with van der Waals surface area (Å²) in [6.45, 7) is 0. The van der Waals surface area contributed by atoms with Gasteiger partial charge in [0.25, 0.3) is 5.91 Å². The maximum Gasteiger partial charge on any atom is 0.270 e. The van der Waals surface area contributed by atoms with Crippen molar-refractivity contribution in [1.82, 2.24) is 0 Å². The zero-order valence-corrected chi connectivity index (χ0v) is 13.9. The van der Waals surface area contributed by atoms with Crippen LogP contribution in [0.3, 0.4) is 0 Å². The van der Waals surface area contributed by atoms with Gasteiger partial charge in [0, 0.05) is 11.5 Å². The Kier molecular flexibility index (Phi) is 3.70. The Balaban J connectivity index is 1.68. The molecule has 0 saturated carbocycles. The third-order valence-corrected chi connectivity index (χ3v) is 4.90. The zero-order chi connectivity index (χ0) is 16.7. The van der Waals surface area contributed by atoms with Gasteiger partial charge in [0.15, 0.2) is 4.32 Å². The molecule has 0 atom stereocenters. The number of furan rings is 1. The maximum absolute atomic E-state index is 13.1. The first-order chi connectivity index (χ1) is 11.6. The molecule has 24 heavy (non-hydrogen) atoms. The van der Waals surface area contributed by atoms with Crippen molar-refractivity contribution in [2.75, 3.05) is 4.90 Å². The van der Waals surface area contributed by atoms with E-state index in [1.807, 2.05) is 30.3 Å². The molecule has 1 amide bonds. The van der Waals surface area contributed by atoms with Gasteiger partial charge in [0.2, 0.25) is 0 Å². The van der Waals surface area contributed by atoms with E-state index in [1.54, 1.807) is 6.08 Å². The van der Waals surface area contributed by atoms with E-state index in [0.717, 1.165) is 11.0 Å². The average molecular weight is 355 g/mol. The molecular weight excluding hydrogens is 345 g/mol. The summed E-state index contributed by atoms with van der Waals surface area (Å²) in [4.78, 5) is 14.5. The lowest BCUT2D eigenvalue weighted by Gasteiger charge is -2.13. The molecule has 3 aromatic rings. The molecule has 0 spiro atoms. The van der Waals surface area contributed by atoms with Gasteiger partial charge in [-0.25, -0.2) is 4.39 Å². The van der Waals surface area contributed by atoms with Crippen LogP contribution >= 0.6 is 24.0 Å². The van der Waals surface area contributed by atoms with Crippen LogP contribution in [0.25, 0.3) is 17.0 Å². The Hall–Kier alpha value is -2.44. The molecular formula is C18H10FNO2S2. The molecule has 0 unspecified atom stereocenters. The highest BCUT2D eigenvalue weighted by Gasteiger charge is 2.33. The van der Waals surface area contributed by atoms with Crippen molar-refractivity contribution in [3.63, 3.8) is 0 Å². The quantitative estimate of drug-likeness (QED) is 0.480. The molecule has 2 heterocycles. The number of amides is 1. The first-order valence-electron chi connectivity index (χ1n) is 7.14. The second kappa shape index (κ2) is 5.89. The van der Waals surface area contributed by atoms with E-state index in [9.17, 15) is 9.18 Å². The summed E-state index contributed by atoms with van der Waals surface area (Å²) in [7, 11) is 0. The zero-order valence-electron chi connectivity index (χ0n) is 12.2. The Morgan fingerprint density at radius 1 is 1.12 bits per heavy atom. The fourth-order valence-electron chi connectivity index (χ4n) is 2.48. The SMILES string of the molecule is O=C1C(=Cc2cc3ccccc3o2)SC(=S)N1c1ccc(F)cc1. The molecule has 0 bridgehead atoms. The van der Waals surface area contributed by atoms with E-state index in [-0.39, 0.29) is 11.7 Å². The summed E-state index contributed by atoms with van der Waals surface area (Å²) >= 11 is 6.49. The van der Waals surface area contributed by atoms with Gasteiger partial charge in [-0.15, -0.1) is 0 Å². The third kappa shape index (κ3) is 2.64. The number of carbonyl (C=O) groups is 1. The lowest BCUT2D eigenvalue weighted by Crippen LogP contribution is -2.27. The van der Waals surface area contributed by atoms with Crippen LogP contribution in [0.2, 0.25) is 0 Å². The van der Waals surface area contributed by atoms with Gasteiger partial charge in [0.1, 0.15) is 17.2 Å². The Morgan fingerprint density at radius 2 is 1.88 bits per heavy atom. The minimum atomic E-state index is -0.359. The number of hydrogen-bond acceptors (Lipinski definition) is 4. The number of nitrogens with zero attached hydrogens (tertiary/aromatic N) is 1. The van der Waals surface area contributed by atoms with Crippen LogP contribution < -0.4 is 4.90 Å². The monoisotopic (exact) mass is 355 g/mol. The first kappa shape index (κ1) is 15.1. The van der Waals surface area contributed by atoms with Crippen LogP contribution in [0, 0.1) is 5.82 Å². The van der Waals surface area contributed by atoms with Crippen molar-refractivity contribution in [1.29, 1.82) is 0 Å². The molecule has 1 aromatic heterocycles. The molecule has 2 aromatic carbocycles. The number of thiocarbonyl (C=S) groups is 1. The predicted molar refractivity (Wildman–Crippen MR) is 98.3 cm³/mol. The van der Waals surface area contributed by atoms with Gasteiger partial charge in [-0.1, -0.05) is 42.2 Å². The fraction of sp³-hybridized carbons (Fsp3) is 0. The molecule has 1 aliphatic heterocycles. The summed E-state index contributed by atoms with van der Waals surface area (Å²) in [5, 5.41) is 0.970.